The highest BCUT2D eigenvalue weighted by Crippen LogP contribution is 2.34. The lowest BCUT2D eigenvalue weighted by atomic mass is 10.0. The van der Waals surface area contributed by atoms with Crippen LogP contribution in [0.2, 0.25) is 0 Å². The lowest BCUT2D eigenvalue weighted by Gasteiger charge is -2.14. The van der Waals surface area contributed by atoms with Gasteiger partial charge in [0.1, 0.15) is 23.5 Å². The van der Waals surface area contributed by atoms with Crippen LogP contribution in [-0.2, 0) is 0 Å². The van der Waals surface area contributed by atoms with Gasteiger partial charge in [-0.2, -0.15) is 0 Å². The molecule has 0 fully saturated rings. The van der Waals surface area contributed by atoms with Gasteiger partial charge in [-0.3, -0.25) is 4.99 Å². The van der Waals surface area contributed by atoms with E-state index in [1.165, 1.54) is 0 Å². The molecular weight excluding hydrogens is 362 g/mol. The summed E-state index contributed by atoms with van der Waals surface area (Å²) in [5, 5.41) is 4.36. The number of aliphatic imine (C=N–C) groups is 1. The van der Waals surface area contributed by atoms with Gasteiger partial charge in [0.25, 0.3) is 0 Å². The van der Waals surface area contributed by atoms with Crippen LogP contribution in [0.15, 0.2) is 78.2 Å². The molecule has 5 rings (SSSR count). The Bertz CT molecular complexity index is 1240. The molecule has 0 unspecified atom stereocenters. The molecule has 0 atom stereocenters. The topological polar surface area (TPSA) is 75.2 Å². The van der Waals surface area contributed by atoms with Crippen LogP contribution >= 0.6 is 0 Å². The summed E-state index contributed by atoms with van der Waals surface area (Å²) in [6, 6.07) is 16.3. The van der Waals surface area contributed by atoms with Crippen molar-refractivity contribution in [3.05, 3.63) is 78.8 Å². The van der Waals surface area contributed by atoms with Crippen LogP contribution in [0.25, 0.3) is 22.2 Å². The van der Waals surface area contributed by atoms with Crippen LogP contribution < -0.4 is 10.1 Å². The number of allylic oxidation sites excluding steroid dienone is 1. The van der Waals surface area contributed by atoms with E-state index in [1.54, 1.807) is 13.4 Å². The van der Waals surface area contributed by atoms with Crippen molar-refractivity contribution >= 4 is 28.3 Å². The van der Waals surface area contributed by atoms with Crippen LogP contribution in [0.4, 0.5) is 11.5 Å². The average molecular weight is 381 g/mol. The van der Waals surface area contributed by atoms with Gasteiger partial charge in [-0.15, -0.1) is 0 Å². The van der Waals surface area contributed by atoms with Crippen LogP contribution in [0.3, 0.4) is 0 Å². The maximum Gasteiger partial charge on any atom is 0.144 e. The van der Waals surface area contributed by atoms with Crippen molar-refractivity contribution in [3.63, 3.8) is 0 Å². The molecule has 2 aromatic carbocycles. The first-order chi connectivity index (χ1) is 14.3. The zero-order valence-corrected chi connectivity index (χ0v) is 15.9. The zero-order valence-electron chi connectivity index (χ0n) is 15.9. The van der Waals surface area contributed by atoms with Crippen molar-refractivity contribution in [1.82, 2.24) is 15.0 Å². The molecule has 1 aliphatic heterocycles. The number of methoxy groups -OCH3 is 1. The minimum Gasteiger partial charge on any atom is -0.495 e. The number of aromatic amines is 1. The maximum absolute atomic E-state index is 5.58. The molecule has 0 amide bonds. The normalized spacial score (nSPS) is 12.9. The van der Waals surface area contributed by atoms with Crippen molar-refractivity contribution < 1.29 is 4.74 Å². The van der Waals surface area contributed by atoms with E-state index < -0.39 is 0 Å². The van der Waals surface area contributed by atoms with Crippen LogP contribution in [0.5, 0.6) is 5.75 Å². The highest BCUT2D eigenvalue weighted by Gasteiger charge is 2.17. The minimum atomic E-state index is 0.700. The quantitative estimate of drug-likeness (QED) is 0.524. The Morgan fingerprint density at radius 3 is 2.72 bits per heavy atom. The fourth-order valence-corrected chi connectivity index (χ4v) is 3.55. The number of rotatable bonds is 5. The van der Waals surface area contributed by atoms with Gasteiger partial charge in [0.15, 0.2) is 0 Å². The number of ether oxygens (including phenoxy) is 1. The summed E-state index contributed by atoms with van der Waals surface area (Å²) in [6.45, 7) is 0.700. The molecule has 6 heteroatoms. The number of hydrogen-bond donors (Lipinski definition) is 2. The van der Waals surface area contributed by atoms with E-state index in [-0.39, 0.29) is 0 Å². The highest BCUT2D eigenvalue weighted by atomic mass is 16.5. The minimum absolute atomic E-state index is 0.700. The van der Waals surface area contributed by atoms with Gasteiger partial charge in [0.2, 0.25) is 0 Å². The number of benzene rings is 2. The van der Waals surface area contributed by atoms with Gasteiger partial charge < -0.3 is 15.0 Å². The average Bonchev–Trinajstić information content (AvgIpc) is 3.44. The first kappa shape index (κ1) is 17.2. The smallest absolute Gasteiger partial charge is 0.144 e. The van der Waals surface area contributed by atoms with Crippen molar-refractivity contribution in [2.75, 3.05) is 19.0 Å². The Balaban J connectivity index is 1.61. The predicted octanol–water partition coefficient (Wildman–Crippen LogP) is 4.74. The monoisotopic (exact) mass is 381 g/mol. The fraction of sp³-hybridized carbons (Fsp3) is 0.0870. The van der Waals surface area contributed by atoms with Crippen LogP contribution in [-0.4, -0.2) is 34.3 Å². The van der Waals surface area contributed by atoms with Crippen LogP contribution in [0, 0.1) is 0 Å². The molecule has 1 aliphatic rings. The second-order valence-electron chi connectivity index (χ2n) is 6.68. The van der Waals surface area contributed by atoms with E-state index in [0.29, 0.717) is 12.4 Å². The van der Waals surface area contributed by atoms with Crippen molar-refractivity contribution in [1.29, 1.82) is 0 Å². The zero-order chi connectivity index (χ0) is 19.6. The summed E-state index contributed by atoms with van der Waals surface area (Å²) in [5.74, 6) is 1.45. The first-order valence-electron chi connectivity index (χ1n) is 9.37. The molecule has 0 bridgehead atoms. The molecule has 142 valence electrons. The lowest BCUT2D eigenvalue weighted by Crippen LogP contribution is -2.01. The van der Waals surface area contributed by atoms with E-state index in [2.05, 4.69) is 49.5 Å². The summed E-state index contributed by atoms with van der Waals surface area (Å²) in [5.41, 5.74) is 5.74. The van der Waals surface area contributed by atoms with Crippen molar-refractivity contribution in [2.45, 2.75) is 0 Å². The molecule has 6 nitrogen and oxygen atoms in total. The van der Waals surface area contributed by atoms with E-state index in [4.69, 9.17) is 4.74 Å². The van der Waals surface area contributed by atoms with Gasteiger partial charge in [0.05, 0.1) is 30.4 Å². The van der Waals surface area contributed by atoms with Gasteiger partial charge in [-0.05, 0) is 29.3 Å². The van der Waals surface area contributed by atoms with Gasteiger partial charge in [-0.25, -0.2) is 9.97 Å². The van der Waals surface area contributed by atoms with Gasteiger partial charge in [0, 0.05) is 11.8 Å². The Hall–Kier alpha value is -3.93. The number of aromatic nitrogens is 3. The fourth-order valence-electron chi connectivity index (χ4n) is 3.55. The Labute approximate surface area is 168 Å². The summed E-state index contributed by atoms with van der Waals surface area (Å²) < 4.78 is 5.58. The highest BCUT2D eigenvalue weighted by molar-refractivity contribution is 6.19. The largest absolute Gasteiger partial charge is 0.495 e. The summed E-state index contributed by atoms with van der Waals surface area (Å²) in [6.07, 6.45) is 7.54. The molecule has 0 spiro atoms. The SMILES string of the molecule is COc1ccc(-c2ccccc2)cc1Nc1ncnc2[nH]cc(C3=NCC=C3)c12. The molecule has 4 aromatic rings. The molecule has 0 saturated carbocycles. The molecular formula is C23H19N5O. The van der Waals surface area contributed by atoms with E-state index in [0.717, 1.165) is 44.9 Å². The van der Waals surface area contributed by atoms with Crippen LogP contribution in [0.1, 0.15) is 5.56 Å². The summed E-state index contributed by atoms with van der Waals surface area (Å²) in [4.78, 5) is 16.6. The third-order valence-corrected chi connectivity index (χ3v) is 4.95. The second-order valence-corrected chi connectivity index (χ2v) is 6.68. The molecule has 3 heterocycles. The van der Waals surface area contributed by atoms with Gasteiger partial charge >= 0.3 is 0 Å². The summed E-state index contributed by atoms with van der Waals surface area (Å²) >= 11 is 0. The third-order valence-electron chi connectivity index (χ3n) is 4.95. The van der Waals surface area contributed by atoms with Crippen molar-refractivity contribution in [3.8, 4) is 16.9 Å². The van der Waals surface area contributed by atoms with Gasteiger partial charge in [-0.1, -0.05) is 42.5 Å². The molecule has 0 aliphatic carbocycles. The summed E-state index contributed by atoms with van der Waals surface area (Å²) in [7, 11) is 1.66. The Morgan fingerprint density at radius 1 is 1.03 bits per heavy atom. The first-order valence-corrected chi connectivity index (χ1v) is 9.37. The van der Waals surface area contributed by atoms with E-state index in [1.807, 2.05) is 42.6 Å². The molecule has 29 heavy (non-hydrogen) atoms. The number of nitrogens with one attached hydrogen (secondary N) is 2. The number of fused-ring (bicyclic) bond motifs is 1. The Morgan fingerprint density at radius 2 is 1.93 bits per heavy atom. The molecule has 2 N–H and O–H groups in total. The molecule has 0 radical (unpaired) electrons. The van der Waals surface area contributed by atoms with E-state index >= 15 is 0 Å². The standard InChI is InChI=1S/C23H19N5O/c1-29-20-10-9-16(15-6-3-2-4-7-15)12-19(20)28-23-21-17(18-8-5-11-24-18)13-25-22(21)26-14-27-23/h2-10,12-14H,11H2,1H3,(H2,25,26,27,28). The number of H-pyrrole nitrogens is 1. The van der Waals surface area contributed by atoms with Crippen molar-refractivity contribution in [2.24, 2.45) is 4.99 Å². The second kappa shape index (κ2) is 7.24. The van der Waals surface area contributed by atoms with E-state index in [9.17, 15) is 0 Å². The third kappa shape index (κ3) is 3.14. The molecule has 0 saturated heterocycles. The number of hydrogen-bond acceptors (Lipinski definition) is 5. The lowest BCUT2D eigenvalue weighted by molar-refractivity contribution is 0.417. The Kier molecular flexibility index (Phi) is 4.29. The number of anilines is 2. The predicted molar refractivity (Wildman–Crippen MR) is 116 cm³/mol. The molecule has 2 aromatic heterocycles. The number of nitrogens with zero attached hydrogens (tertiary/aromatic N) is 3. The maximum atomic E-state index is 5.58.